The van der Waals surface area contributed by atoms with Gasteiger partial charge in [-0.05, 0) is 12.1 Å². The van der Waals surface area contributed by atoms with Crippen molar-refractivity contribution < 1.29 is 14.7 Å². The first kappa shape index (κ1) is 14.9. The highest BCUT2D eigenvalue weighted by Gasteiger charge is 2.32. The maximum atomic E-state index is 11.6. The van der Waals surface area contributed by atoms with E-state index in [-0.39, 0.29) is 12.3 Å². The minimum Gasteiger partial charge on any atom is -0.465 e. The van der Waals surface area contributed by atoms with E-state index in [9.17, 15) is 14.7 Å². The van der Waals surface area contributed by atoms with Crippen molar-refractivity contribution in [3.63, 3.8) is 0 Å². The summed E-state index contributed by atoms with van der Waals surface area (Å²) in [6, 6.07) is 3.15. The summed E-state index contributed by atoms with van der Waals surface area (Å²) in [5, 5.41) is 11.8. The highest BCUT2D eigenvalue weighted by Crippen LogP contribution is 2.19. The van der Waals surface area contributed by atoms with Crippen molar-refractivity contribution in [3.05, 3.63) is 18.3 Å². The molecule has 8 nitrogen and oxygen atoms in total. The first-order chi connectivity index (χ1) is 10.0. The normalized spacial score (nSPS) is 18.4. The Morgan fingerprint density at radius 3 is 2.81 bits per heavy atom. The first-order valence-electron chi connectivity index (χ1n) is 6.68. The standard InChI is InChI=1S/C13H19N5O3/c1-15-12(19)6-10-8-17(4-5-18(10)13(20)21)11-3-2-9(14)7-16-11/h2-3,7,10H,4-6,8,14H2,1H3,(H,15,19)(H,20,21). The predicted octanol–water partition coefficient (Wildman–Crippen LogP) is -0.0315. The zero-order chi connectivity index (χ0) is 15.4. The fourth-order valence-electron chi connectivity index (χ4n) is 2.39. The summed E-state index contributed by atoms with van der Waals surface area (Å²) in [6.45, 7) is 1.30. The number of nitrogens with two attached hydrogens (primary N) is 1. The highest BCUT2D eigenvalue weighted by molar-refractivity contribution is 5.77. The molecule has 1 saturated heterocycles. The molecule has 1 unspecified atom stereocenters. The van der Waals surface area contributed by atoms with Gasteiger partial charge in [-0.2, -0.15) is 0 Å². The summed E-state index contributed by atoms with van der Waals surface area (Å²) >= 11 is 0. The fraction of sp³-hybridized carbons (Fsp3) is 0.462. The summed E-state index contributed by atoms with van der Waals surface area (Å²) in [6.07, 6.45) is 0.690. The van der Waals surface area contributed by atoms with Gasteiger partial charge in [-0.15, -0.1) is 0 Å². The van der Waals surface area contributed by atoms with Crippen LogP contribution in [-0.4, -0.2) is 59.7 Å². The van der Waals surface area contributed by atoms with Crippen LogP contribution in [0.4, 0.5) is 16.3 Å². The molecule has 8 heteroatoms. The van der Waals surface area contributed by atoms with Gasteiger partial charge in [0, 0.05) is 33.1 Å². The number of nitrogens with one attached hydrogen (secondary N) is 1. The third-order valence-electron chi connectivity index (χ3n) is 3.52. The third kappa shape index (κ3) is 3.53. The van der Waals surface area contributed by atoms with Gasteiger partial charge in [-0.1, -0.05) is 0 Å². The molecule has 0 aromatic carbocycles. The molecule has 1 aromatic rings. The molecule has 0 saturated carbocycles. The lowest BCUT2D eigenvalue weighted by Crippen LogP contribution is -2.56. The van der Waals surface area contributed by atoms with Gasteiger partial charge >= 0.3 is 6.09 Å². The second-order valence-electron chi connectivity index (χ2n) is 4.90. The molecule has 1 fully saturated rings. The number of nitrogens with zero attached hydrogens (tertiary/aromatic N) is 3. The number of nitrogen functional groups attached to an aromatic ring is 1. The number of carbonyl (C=O) groups excluding carboxylic acids is 1. The lowest BCUT2D eigenvalue weighted by molar-refractivity contribution is -0.121. The Kier molecular flexibility index (Phi) is 4.46. The Morgan fingerprint density at radius 2 is 2.24 bits per heavy atom. The van der Waals surface area contributed by atoms with E-state index in [0.717, 1.165) is 5.82 Å². The first-order valence-corrected chi connectivity index (χ1v) is 6.68. The van der Waals surface area contributed by atoms with Crippen molar-refractivity contribution in [1.82, 2.24) is 15.2 Å². The van der Waals surface area contributed by atoms with Gasteiger partial charge in [0.1, 0.15) is 5.82 Å². The van der Waals surface area contributed by atoms with Crippen LogP contribution in [-0.2, 0) is 4.79 Å². The van der Waals surface area contributed by atoms with Gasteiger partial charge in [0.15, 0.2) is 0 Å². The lowest BCUT2D eigenvalue weighted by Gasteiger charge is -2.40. The van der Waals surface area contributed by atoms with E-state index in [0.29, 0.717) is 25.3 Å². The monoisotopic (exact) mass is 293 g/mol. The molecule has 21 heavy (non-hydrogen) atoms. The topological polar surface area (TPSA) is 112 Å². The number of anilines is 2. The van der Waals surface area contributed by atoms with Crippen LogP contribution in [0.1, 0.15) is 6.42 Å². The summed E-state index contributed by atoms with van der Waals surface area (Å²) in [5.74, 6) is 0.550. The molecule has 1 aliphatic rings. The molecular formula is C13H19N5O3. The fourth-order valence-corrected chi connectivity index (χ4v) is 2.39. The average Bonchev–Trinajstić information content (AvgIpc) is 2.47. The number of amides is 2. The van der Waals surface area contributed by atoms with Gasteiger partial charge in [0.2, 0.25) is 5.91 Å². The number of carbonyl (C=O) groups is 2. The van der Waals surface area contributed by atoms with Crippen molar-refractivity contribution in [3.8, 4) is 0 Å². The Balaban J connectivity index is 2.12. The van der Waals surface area contributed by atoms with Crippen LogP contribution < -0.4 is 16.0 Å². The zero-order valence-corrected chi connectivity index (χ0v) is 11.8. The molecule has 2 amide bonds. The molecule has 2 rings (SSSR count). The van der Waals surface area contributed by atoms with Crippen LogP contribution in [0, 0.1) is 0 Å². The van der Waals surface area contributed by atoms with Gasteiger partial charge in [0.05, 0.1) is 17.9 Å². The van der Waals surface area contributed by atoms with Crippen molar-refractivity contribution >= 4 is 23.5 Å². The second-order valence-corrected chi connectivity index (χ2v) is 4.90. The third-order valence-corrected chi connectivity index (χ3v) is 3.52. The Labute approximate surface area is 122 Å². The lowest BCUT2D eigenvalue weighted by atomic mass is 10.1. The van der Waals surface area contributed by atoms with E-state index >= 15 is 0 Å². The smallest absolute Gasteiger partial charge is 0.407 e. The molecule has 0 radical (unpaired) electrons. The summed E-state index contributed by atoms with van der Waals surface area (Å²) < 4.78 is 0. The largest absolute Gasteiger partial charge is 0.465 e. The van der Waals surface area contributed by atoms with Crippen LogP contribution in [0.5, 0.6) is 0 Å². The van der Waals surface area contributed by atoms with Crippen LogP contribution >= 0.6 is 0 Å². The van der Waals surface area contributed by atoms with Crippen molar-refractivity contribution in [2.75, 3.05) is 37.3 Å². The van der Waals surface area contributed by atoms with Crippen molar-refractivity contribution in [2.45, 2.75) is 12.5 Å². The van der Waals surface area contributed by atoms with E-state index in [1.54, 1.807) is 18.3 Å². The van der Waals surface area contributed by atoms with Crippen LogP contribution in [0.15, 0.2) is 18.3 Å². The Bertz CT molecular complexity index is 519. The molecule has 114 valence electrons. The SMILES string of the molecule is CNC(=O)CC1CN(c2ccc(N)cn2)CCN1C(=O)O. The summed E-state index contributed by atoms with van der Waals surface area (Å²) in [7, 11) is 1.54. The quantitative estimate of drug-likeness (QED) is 0.721. The number of hydrogen-bond acceptors (Lipinski definition) is 5. The number of aromatic nitrogens is 1. The van der Waals surface area contributed by atoms with E-state index in [1.165, 1.54) is 11.9 Å². The maximum Gasteiger partial charge on any atom is 0.407 e. The second kappa shape index (κ2) is 6.29. The van der Waals surface area contributed by atoms with Crippen molar-refractivity contribution in [1.29, 1.82) is 0 Å². The number of piperazine rings is 1. The molecule has 1 atom stereocenters. The number of carboxylic acid groups (broad SMARTS) is 1. The van der Waals surface area contributed by atoms with Crippen molar-refractivity contribution in [2.24, 2.45) is 0 Å². The zero-order valence-electron chi connectivity index (χ0n) is 11.8. The van der Waals surface area contributed by atoms with E-state index in [1.807, 2.05) is 4.90 Å². The van der Waals surface area contributed by atoms with Crippen LogP contribution in [0.2, 0.25) is 0 Å². The summed E-state index contributed by atoms with van der Waals surface area (Å²) in [4.78, 5) is 30.3. The van der Waals surface area contributed by atoms with Gasteiger partial charge < -0.3 is 26.0 Å². The highest BCUT2D eigenvalue weighted by atomic mass is 16.4. The van der Waals surface area contributed by atoms with Gasteiger partial charge in [-0.25, -0.2) is 9.78 Å². The van der Waals surface area contributed by atoms with E-state index in [2.05, 4.69) is 10.3 Å². The number of pyridine rings is 1. The molecular weight excluding hydrogens is 274 g/mol. The minimum absolute atomic E-state index is 0.133. The predicted molar refractivity (Wildman–Crippen MR) is 78.1 cm³/mol. The van der Waals surface area contributed by atoms with Gasteiger partial charge in [-0.3, -0.25) is 4.79 Å². The molecule has 1 aliphatic heterocycles. The van der Waals surface area contributed by atoms with Gasteiger partial charge in [0.25, 0.3) is 0 Å². The number of rotatable bonds is 3. The average molecular weight is 293 g/mol. The molecule has 1 aromatic heterocycles. The maximum absolute atomic E-state index is 11.6. The minimum atomic E-state index is -1.01. The Hall–Kier alpha value is -2.51. The molecule has 0 spiro atoms. The Morgan fingerprint density at radius 1 is 1.48 bits per heavy atom. The van der Waals surface area contributed by atoms with E-state index < -0.39 is 12.1 Å². The molecule has 0 aliphatic carbocycles. The van der Waals surface area contributed by atoms with Crippen LogP contribution in [0.25, 0.3) is 0 Å². The molecule has 4 N–H and O–H groups in total. The summed E-state index contributed by atoms with van der Waals surface area (Å²) in [5.41, 5.74) is 6.18. The van der Waals surface area contributed by atoms with Crippen LogP contribution in [0.3, 0.4) is 0 Å². The van der Waals surface area contributed by atoms with E-state index in [4.69, 9.17) is 5.73 Å². The molecule has 2 heterocycles. The number of hydrogen-bond donors (Lipinski definition) is 3. The molecule has 0 bridgehead atoms.